The molecule has 0 radical (unpaired) electrons. The first-order valence-corrected chi connectivity index (χ1v) is 1.73. The molecular formula is C2H4HgO2S. The van der Waals surface area contributed by atoms with Crippen molar-refractivity contribution in [1.82, 2.24) is 0 Å². The SMILES string of the molecule is O=C(O)CS.[Hg]. The van der Waals surface area contributed by atoms with Crippen molar-refractivity contribution in [2.45, 2.75) is 0 Å². The van der Waals surface area contributed by atoms with E-state index in [2.05, 4.69) is 12.6 Å². The Hall–Kier alpha value is 0.755. The number of hydrogen-bond donors (Lipinski definition) is 2. The Labute approximate surface area is 61.8 Å². The molecule has 0 saturated heterocycles. The molecule has 0 bridgehead atoms. The number of carboxylic acids is 1. The molecular weight excluding hydrogens is 289 g/mol. The first kappa shape index (κ1) is 9.90. The molecule has 0 fully saturated rings. The smallest absolute Gasteiger partial charge is 0.313 e. The van der Waals surface area contributed by atoms with Gasteiger partial charge in [0.25, 0.3) is 0 Å². The van der Waals surface area contributed by atoms with Crippen molar-refractivity contribution >= 4 is 18.6 Å². The van der Waals surface area contributed by atoms with Crippen LogP contribution in [0.2, 0.25) is 0 Å². The van der Waals surface area contributed by atoms with Gasteiger partial charge in [-0.05, 0) is 0 Å². The quantitative estimate of drug-likeness (QED) is 0.527. The van der Waals surface area contributed by atoms with Crippen LogP contribution in [0.1, 0.15) is 0 Å². The number of aliphatic carboxylic acids is 1. The van der Waals surface area contributed by atoms with Crippen LogP contribution >= 0.6 is 12.6 Å². The van der Waals surface area contributed by atoms with E-state index in [1.165, 1.54) is 0 Å². The second-order valence-electron chi connectivity index (χ2n) is 0.552. The van der Waals surface area contributed by atoms with E-state index in [1.807, 2.05) is 0 Å². The van der Waals surface area contributed by atoms with Gasteiger partial charge in [-0.25, -0.2) is 0 Å². The Morgan fingerprint density at radius 1 is 1.83 bits per heavy atom. The summed E-state index contributed by atoms with van der Waals surface area (Å²) in [6.07, 6.45) is 0. The fourth-order valence-corrected chi connectivity index (χ4v) is 0. The molecule has 0 heterocycles. The summed E-state index contributed by atoms with van der Waals surface area (Å²) in [5, 5.41) is 7.65. The van der Waals surface area contributed by atoms with Crippen molar-refractivity contribution in [2.75, 3.05) is 5.75 Å². The van der Waals surface area contributed by atoms with Crippen LogP contribution in [0.15, 0.2) is 0 Å². The fraction of sp³-hybridized carbons (Fsp3) is 0.500. The minimum absolute atomic E-state index is 0. The Balaban J connectivity index is 0. The Morgan fingerprint density at radius 2 is 2.00 bits per heavy atom. The molecule has 6 heavy (non-hydrogen) atoms. The zero-order valence-corrected chi connectivity index (χ0v) is 9.61. The largest absolute Gasteiger partial charge is 0.481 e. The van der Waals surface area contributed by atoms with Gasteiger partial charge >= 0.3 is 5.97 Å². The third kappa shape index (κ3) is 8.83. The van der Waals surface area contributed by atoms with Gasteiger partial charge in [0.2, 0.25) is 0 Å². The van der Waals surface area contributed by atoms with Crippen LogP contribution in [0.5, 0.6) is 0 Å². The van der Waals surface area contributed by atoms with Gasteiger partial charge < -0.3 is 5.11 Å². The van der Waals surface area contributed by atoms with E-state index in [1.54, 1.807) is 0 Å². The van der Waals surface area contributed by atoms with E-state index in [-0.39, 0.29) is 33.4 Å². The van der Waals surface area contributed by atoms with Gasteiger partial charge in [0.1, 0.15) is 0 Å². The van der Waals surface area contributed by atoms with Gasteiger partial charge in [0, 0.05) is 27.7 Å². The Morgan fingerprint density at radius 3 is 2.00 bits per heavy atom. The van der Waals surface area contributed by atoms with E-state index in [0.717, 1.165) is 0 Å². The summed E-state index contributed by atoms with van der Waals surface area (Å²) in [5.74, 6) is -0.965. The normalized spacial score (nSPS) is 6.17. The maximum Gasteiger partial charge on any atom is 0.313 e. The molecule has 0 unspecified atom stereocenters. The number of thiol groups is 1. The molecule has 0 aromatic rings. The standard InChI is InChI=1S/C2H4O2S.Hg/c3-2(4)1-5;/h5H,1H2,(H,3,4);. The zero-order valence-electron chi connectivity index (χ0n) is 3.22. The first-order chi connectivity index (χ1) is 2.27. The van der Waals surface area contributed by atoms with Gasteiger partial charge in [-0.2, -0.15) is 12.6 Å². The van der Waals surface area contributed by atoms with Crippen molar-refractivity contribution in [3.8, 4) is 0 Å². The molecule has 0 spiro atoms. The first-order valence-electron chi connectivity index (χ1n) is 1.10. The second kappa shape index (κ2) is 5.76. The maximum atomic E-state index is 9.29. The summed E-state index contributed by atoms with van der Waals surface area (Å²) in [6.45, 7) is 0. The van der Waals surface area contributed by atoms with Gasteiger partial charge in [0.15, 0.2) is 0 Å². The molecule has 1 N–H and O–H groups in total. The minimum atomic E-state index is -0.881. The third-order valence-corrected chi connectivity index (χ3v) is 0.406. The molecule has 0 atom stereocenters. The predicted molar refractivity (Wildman–Crippen MR) is 21.5 cm³/mol. The van der Waals surface area contributed by atoms with Crippen molar-refractivity contribution < 1.29 is 37.6 Å². The third-order valence-electron chi connectivity index (χ3n) is 0.135. The fourth-order valence-electron chi connectivity index (χ4n) is 0. The predicted octanol–water partition coefficient (Wildman–Crippen LogP) is -0.00170. The zero-order chi connectivity index (χ0) is 4.28. The average molecular weight is 293 g/mol. The molecule has 4 heteroatoms. The molecule has 2 nitrogen and oxygen atoms in total. The Kier molecular flexibility index (Phi) is 9.49. The molecule has 0 saturated carbocycles. The van der Waals surface area contributed by atoms with Crippen LogP contribution < -0.4 is 0 Å². The van der Waals surface area contributed by atoms with E-state index in [0.29, 0.717) is 0 Å². The number of hydrogen-bond acceptors (Lipinski definition) is 2. The van der Waals surface area contributed by atoms with Crippen LogP contribution in [0, 0.1) is 0 Å². The van der Waals surface area contributed by atoms with Gasteiger partial charge in [-0.3, -0.25) is 4.79 Å². The Bertz CT molecular complexity index is 46.8. The summed E-state index contributed by atoms with van der Waals surface area (Å²) in [6, 6.07) is 0. The van der Waals surface area contributed by atoms with Crippen LogP contribution in [-0.2, 0) is 32.5 Å². The van der Waals surface area contributed by atoms with Gasteiger partial charge in [-0.15, -0.1) is 0 Å². The molecule has 0 amide bonds. The molecule has 0 aromatic carbocycles. The molecule has 32 valence electrons. The molecule has 0 aliphatic carbocycles. The topological polar surface area (TPSA) is 37.3 Å². The van der Waals surface area contributed by atoms with Crippen molar-refractivity contribution in [3.05, 3.63) is 0 Å². The van der Waals surface area contributed by atoms with Crippen LogP contribution in [0.4, 0.5) is 0 Å². The van der Waals surface area contributed by atoms with Crippen LogP contribution in [0.3, 0.4) is 0 Å². The minimum Gasteiger partial charge on any atom is -0.481 e. The number of rotatable bonds is 1. The van der Waals surface area contributed by atoms with E-state index in [9.17, 15) is 4.79 Å². The molecule has 0 aromatic heterocycles. The van der Waals surface area contributed by atoms with Crippen LogP contribution in [-0.4, -0.2) is 16.8 Å². The number of carboxylic acid groups (broad SMARTS) is 1. The van der Waals surface area contributed by atoms with E-state index < -0.39 is 5.97 Å². The molecule has 0 aliphatic heterocycles. The number of carbonyl (C=O) groups is 1. The summed E-state index contributed by atoms with van der Waals surface area (Å²) in [7, 11) is 0. The van der Waals surface area contributed by atoms with Gasteiger partial charge in [0.05, 0.1) is 5.75 Å². The summed E-state index contributed by atoms with van der Waals surface area (Å²) < 4.78 is 0. The summed E-state index contributed by atoms with van der Waals surface area (Å²) in [5.41, 5.74) is 0. The average Bonchev–Trinajstić information content (AvgIpc) is 1.38. The molecule has 0 rings (SSSR count). The van der Waals surface area contributed by atoms with E-state index in [4.69, 9.17) is 5.11 Å². The van der Waals surface area contributed by atoms with Crippen molar-refractivity contribution in [3.63, 3.8) is 0 Å². The summed E-state index contributed by atoms with van der Waals surface area (Å²) >= 11 is 3.42. The summed E-state index contributed by atoms with van der Waals surface area (Å²) in [4.78, 5) is 9.29. The van der Waals surface area contributed by atoms with E-state index >= 15 is 0 Å². The molecule has 0 aliphatic rings. The maximum absolute atomic E-state index is 9.29. The van der Waals surface area contributed by atoms with Gasteiger partial charge in [-0.1, -0.05) is 0 Å². The van der Waals surface area contributed by atoms with Crippen LogP contribution in [0.25, 0.3) is 0 Å². The van der Waals surface area contributed by atoms with Crippen molar-refractivity contribution in [2.24, 2.45) is 0 Å². The monoisotopic (exact) mass is 294 g/mol. The second-order valence-corrected chi connectivity index (χ2v) is 0.868. The van der Waals surface area contributed by atoms with Crippen molar-refractivity contribution in [1.29, 1.82) is 0 Å².